The molecule has 0 aliphatic carbocycles. The van der Waals surface area contributed by atoms with E-state index in [1.807, 2.05) is 41.2 Å². The maximum Gasteiger partial charge on any atom is 0.191 e. The van der Waals surface area contributed by atoms with Crippen LogP contribution in [0.3, 0.4) is 0 Å². The van der Waals surface area contributed by atoms with Crippen LogP contribution in [0.15, 0.2) is 59.9 Å². The van der Waals surface area contributed by atoms with E-state index in [9.17, 15) is 0 Å². The normalized spacial score (nSPS) is 12.8. The van der Waals surface area contributed by atoms with Crippen molar-refractivity contribution in [3.63, 3.8) is 0 Å². The van der Waals surface area contributed by atoms with Crippen LogP contribution in [-0.4, -0.2) is 36.0 Å². The number of hydrogen-bond acceptors (Lipinski definition) is 4. The summed E-state index contributed by atoms with van der Waals surface area (Å²) in [6.07, 6.45) is 3.75. The third-order valence-corrected chi connectivity index (χ3v) is 5.08. The zero-order chi connectivity index (χ0) is 20.8. The largest absolute Gasteiger partial charge is 0.486 e. The van der Waals surface area contributed by atoms with E-state index in [1.165, 1.54) is 11.1 Å². The molecule has 2 aromatic carbocycles. The van der Waals surface area contributed by atoms with Gasteiger partial charge in [0.15, 0.2) is 17.5 Å². The Bertz CT molecular complexity index is 1030. The van der Waals surface area contributed by atoms with Crippen LogP contribution < -0.4 is 20.1 Å². The zero-order valence-electron chi connectivity index (χ0n) is 17.2. The lowest BCUT2D eigenvalue weighted by Crippen LogP contribution is -2.36. The summed E-state index contributed by atoms with van der Waals surface area (Å²) in [6, 6.07) is 14.1. The van der Waals surface area contributed by atoms with E-state index < -0.39 is 0 Å². The van der Waals surface area contributed by atoms with Gasteiger partial charge in [-0.2, -0.15) is 5.10 Å². The number of nitrogens with one attached hydrogen (secondary N) is 2. The SMILES string of the molecule is CN=C(NCc1cc(Cl)c2c(c1)OCCO2)NCc1ccccc1Cn1cccn1.I. The van der Waals surface area contributed by atoms with Gasteiger partial charge in [0.1, 0.15) is 13.2 Å². The van der Waals surface area contributed by atoms with Gasteiger partial charge in [-0.05, 0) is 34.9 Å². The Morgan fingerprint density at radius 2 is 1.87 bits per heavy atom. The van der Waals surface area contributed by atoms with Gasteiger partial charge < -0.3 is 20.1 Å². The number of ether oxygens (including phenoxy) is 2. The summed E-state index contributed by atoms with van der Waals surface area (Å²) < 4.78 is 13.1. The van der Waals surface area contributed by atoms with Gasteiger partial charge in [-0.15, -0.1) is 24.0 Å². The summed E-state index contributed by atoms with van der Waals surface area (Å²) in [5.41, 5.74) is 3.40. The molecule has 1 aromatic heterocycles. The fourth-order valence-corrected chi connectivity index (χ4v) is 3.59. The number of nitrogens with zero attached hydrogens (tertiary/aromatic N) is 3. The number of fused-ring (bicyclic) bond motifs is 1. The van der Waals surface area contributed by atoms with Crippen LogP contribution in [0.2, 0.25) is 5.02 Å². The maximum absolute atomic E-state index is 6.33. The Balaban J connectivity index is 0.00000272. The molecular formula is C22H25ClIN5O2. The molecule has 0 radical (unpaired) electrons. The summed E-state index contributed by atoms with van der Waals surface area (Å²) >= 11 is 6.33. The summed E-state index contributed by atoms with van der Waals surface area (Å²) in [5.74, 6) is 2.00. The lowest BCUT2D eigenvalue weighted by atomic mass is 10.1. The molecule has 4 rings (SSSR count). The molecule has 1 aliphatic heterocycles. The van der Waals surface area contributed by atoms with Gasteiger partial charge in [0, 0.05) is 32.5 Å². The molecule has 0 amide bonds. The fraction of sp³-hybridized carbons (Fsp3) is 0.273. The standard InChI is InChI=1S/C22H24ClN5O2.HI/c1-24-22(25-13-16-11-19(23)21-20(12-16)29-9-10-30-21)26-14-17-5-2-3-6-18(17)15-28-8-4-7-27-28;/h2-8,11-12H,9-10,13-15H2,1H3,(H2,24,25,26);1H. The predicted octanol–water partition coefficient (Wildman–Crippen LogP) is 3.84. The van der Waals surface area contributed by atoms with Gasteiger partial charge in [0.25, 0.3) is 0 Å². The molecule has 0 bridgehead atoms. The smallest absolute Gasteiger partial charge is 0.191 e. The van der Waals surface area contributed by atoms with Crippen LogP contribution in [0.5, 0.6) is 11.5 Å². The predicted molar refractivity (Wildman–Crippen MR) is 133 cm³/mol. The highest BCUT2D eigenvalue weighted by Crippen LogP contribution is 2.38. The van der Waals surface area contributed by atoms with Crippen molar-refractivity contribution >= 4 is 41.5 Å². The van der Waals surface area contributed by atoms with Crippen LogP contribution in [0.4, 0.5) is 0 Å². The Morgan fingerprint density at radius 3 is 2.65 bits per heavy atom. The van der Waals surface area contributed by atoms with Crippen LogP contribution in [0, 0.1) is 0 Å². The second-order valence-electron chi connectivity index (χ2n) is 6.85. The molecule has 2 heterocycles. The van der Waals surface area contributed by atoms with Gasteiger partial charge in [-0.25, -0.2) is 0 Å². The number of aliphatic imine (C=N–C) groups is 1. The lowest BCUT2D eigenvalue weighted by molar-refractivity contribution is 0.171. The minimum Gasteiger partial charge on any atom is -0.486 e. The second kappa shape index (κ2) is 11.2. The second-order valence-corrected chi connectivity index (χ2v) is 7.26. The minimum absolute atomic E-state index is 0. The molecule has 0 fully saturated rings. The molecule has 164 valence electrons. The van der Waals surface area contributed by atoms with Gasteiger partial charge in [0.2, 0.25) is 0 Å². The van der Waals surface area contributed by atoms with Crippen LogP contribution >= 0.6 is 35.6 Å². The average molecular weight is 554 g/mol. The molecule has 0 unspecified atom stereocenters. The number of guanidine groups is 1. The van der Waals surface area contributed by atoms with Gasteiger partial charge >= 0.3 is 0 Å². The Labute approximate surface area is 203 Å². The van der Waals surface area contributed by atoms with Gasteiger partial charge in [-0.3, -0.25) is 9.67 Å². The molecule has 0 spiro atoms. The minimum atomic E-state index is 0. The monoisotopic (exact) mass is 553 g/mol. The van der Waals surface area contributed by atoms with Crippen molar-refractivity contribution in [1.29, 1.82) is 0 Å². The van der Waals surface area contributed by atoms with Crippen molar-refractivity contribution in [3.8, 4) is 11.5 Å². The van der Waals surface area contributed by atoms with E-state index in [-0.39, 0.29) is 24.0 Å². The number of benzene rings is 2. The highest BCUT2D eigenvalue weighted by Gasteiger charge is 2.16. The van der Waals surface area contributed by atoms with E-state index in [1.54, 1.807) is 13.2 Å². The third-order valence-electron chi connectivity index (χ3n) is 4.80. The van der Waals surface area contributed by atoms with E-state index >= 15 is 0 Å². The lowest BCUT2D eigenvalue weighted by Gasteiger charge is -2.20. The third kappa shape index (κ3) is 6.04. The van der Waals surface area contributed by atoms with Crippen molar-refractivity contribution in [2.45, 2.75) is 19.6 Å². The van der Waals surface area contributed by atoms with Gasteiger partial charge in [0.05, 0.1) is 11.6 Å². The molecule has 31 heavy (non-hydrogen) atoms. The summed E-state index contributed by atoms with van der Waals surface area (Å²) in [6.45, 7) is 2.99. The average Bonchev–Trinajstić information content (AvgIpc) is 3.28. The van der Waals surface area contributed by atoms with Crippen molar-refractivity contribution in [1.82, 2.24) is 20.4 Å². The first-order chi connectivity index (χ1) is 14.7. The van der Waals surface area contributed by atoms with Crippen LogP contribution in [0.25, 0.3) is 0 Å². The molecule has 9 heteroatoms. The highest BCUT2D eigenvalue weighted by atomic mass is 127. The Hall–Kier alpha value is -2.46. The molecule has 0 saturated heterocycles. The maximum atomic E-state index is 6.33. The Kier molecular flexibility index (Phi) is 8.42. The van der Waals surface area contributed by atoms with Crippen molar-refractivity contribution in [3.05, 3.63) is 76.6 Å². The molecule has 0 atom stereocenters. The van der Waals surface area contributed by atoms with E-state index in [0.29, 0.717) is 48.8 Å². The fourth-order valence-electron chi connectivity index (χ4n) is 3.30. The quantitative estimate of drug-likeness (QED) is 0.276. The molecule has 2 N–H and O–H groups in total. The first kappa shape index (κ1) is 23.2. The summed E-state index contributed by atoms with van der Waals surface area (Å²) in [5, 5.41) is 11.5. The topological polar surface area (TPSA) is 72.7 Å². The molecule has 0 saturated carbocycles. The first-order valence-electron chi connectivity index (χ1n) is 9.79. The summed E-state index contributed by atoms with van der Waals surface area (Å²) in [7, 11) is 1.75. The zero-order valence-corrected chi connectivity index (χ0v) is 20.3. The van der Waals surface area contributed by atoms with E-state index in [0.717, 1.165) is 12.1 Å². The van der Waals surface area contributed by atoms with Crippen LogP contribution in [-0.2, 0) is 19.6 Å². The first-order valence-corrected chi connectivity index (χ1v) is 10.2. The highest BCUT2D eigenvalue weighted by molar-refractivity contribution is 14.0. The number of hydrogen-bond donors (Lipinski definition) is 2. The Morgan fingerprint density at radius 1 is 1.10 bits per heavy atom. The van der Waals surface area contributed by atoms with E-state index in [2.05, 4.69) is 32.9 Å². The van der Waals surface area contributed by atoms with Crippen molar-refractivity contribution in [2.75, 3.05) is 20.3 Å². The number of aromatic nitrogens is 2. The molecule has 7 nitrogen and oxygen atoms in total. The number of halogens is 2. The molecule has 1 aliphatic rings. The molecule has 3 aromatic rings. The number of rotatable bonds is 6. The van der Waals surface area contributed by atoms with Crippen LogP contribution in [0.1, 0.15) is 16.7 Å². The van der Waals surface area contributed by atoms with Crippen molar-refractivity contribution in [2.24, 2.45) is 4.99 Å². The van der Waals surface area contributed by atoms with Crippen molar-refractivity contribution < 1.29 is 9.47 Å². The van der Waals surface area contributed by atoms with Gasteiger partial charge in [-0.1, -0.05) is 35.9 Å². The molecular weight excluding hydrogens is 529 g/mol. The summed E-state index contributed by atoms with van der Waals surface area (Å²) in [4.78, 5) is 4.32. The van der Waals surface area contributed by atoms with E-state index in [4.69, 9.17) is 21.1 Å².